The van der Waals surface area contributed by atoms with Gasteiger partial charge >= 0.3 is 0 Å². The Balaban J connectivity index is 1.96. The summed E-state index contributed by atoms with van der Waals surface area (Å²) in [5, 5.41) is 6.34. The summed E-state index contributed by atoms with van der Waals surface area (Å²) in [6.45, 7) is 9.53. The number of hydrogen-bond acceptors (Lipinski definition) is 3. The average Bonchev–Trinajstić information content (AvgIpc) is 2.36. The maximum atomic E-state index is 12.2. The molecule has 0 spiro atoms. The minimum Gasteiger partial charge on any atom is -0.325 e. The molecule has 1 aliphatic heterocycles. The first-order valence-corrected chi connectivity index (χ1v) is 7.69. The van der Waals surface area contributed by atoms with Gasteiger partial charge < -0.3 is 10.6 Å². The summed E-state index contributed by atoms with van der Waals surface area (Å²) >= 11 is 3.46. The van der Waals surface area contributed by atoms with Crippen LogP contribution in [0, 0.1) is 6.92 Å². The van der Waals surface area contributed by atoms with Crippen molar-refractivity contribution < 1.29 is 4.79 Å². The van der Waals surface area contributed by atoms with Gasteiger partial charge in [-0.1, -0.05) is 15.9 Å². The van der Waals surface area contributed by atoms with E-state index in [1.807, 2.05) is 25.1 Å². The number of rotatable bonds is 3. The number of nitrogens with one attached hydrogen (secondary N) is 2. The van der Waals surface area contributed by atoms with E-state index in [1.54, 1.807) is 0 Å². The van der Waals surface area contributed by atoms with E-state index in [9.17, 15) is 4.79 Å². The van der Waals surface area contributed by atoms with Gasteiger partial charge in [0.05, 0.1) is 6.54 Å². The van der Waals surface area contributed by atoms with Gasteiger partial charge in [0.15, 0.2) is 0 Å². The molecule has 1 saturated heterocycles. The van der Waals surface area contributed by atoms with Crippen LogP contribution in [-0.4, -0.2) is 42.5 Å². The van der Waals surface area contributed by atoms with Gasteiger partial charge in [0.25, 0.3) is 0 Å². The van der Waals surface area contributed by atoms with Crippen LogP contribution in [-0.2, 0) is 4.79 Å². The molecule has 20 heavy (non-hydrogen) atoms. The van der Waals surface area contributed by atoms with Crippen LogP contribution < -0.4 is 10.6 Å². The van der Waals surface area contributed by atoms with Crippen molar-refractivity contribution in [1.82, 2.24) is 10.2 Å². The zero-order valence-corrected chi connectivity index (χ0v) is 13.9. The summed E-state index contributed by atoms with van der Waals surface area (Å²) in [6.07, 6.45) is 0. The molecule has 110 valence electrons. The first-order valence-electron chi connectivity index (χ1n) is 6.90. The maximum absolute atomic E-state index is 12.2. The number of aryl methyl sites for hydroxylation is 1. The Kier molecular flexibility index (Phi) is 4.83. The maximum Gasteiger partial charge on any atom is 0.238 e. The second-order valence-corrected chi connectivity index (χ2v) is 6.78. The molecule has 1 aromatic rings. The highest BCUT2D eigenvalue weighted by molar-refractivity contribution is 9.10. The molecule has 1 heterocycles. The third-order valence-corrected chi connectivity index (χ3v) is 4.64. The number of piperazine rings is 1. The largest absolute Gasteiger partial charge is 0.325 e. The summed E-state index contributed by atoms with van der Waals surface area (Å²) in [4.78, 5) is 14.4. The fourth-order valence-corrected chi connectivity index (χ4v) is 2.66. The number of benzene rings is 1. The van der Waals surface area contributed by atoms with Gasteiger partial charge in [0.1, 0.15) is 0 Å². The molecule has 1 fully saturated rings. The number of carbonyl (C=O) groups excluding carboxylic acids is 1. The van der Waals surface area contributed by atoms with E-state index >= 15 is 0 Å². The van der Waals surface area contributed by atoms with E-state index in [-0.39, 0.29) is 11.4 Å². The van der Waals surface area contributed by atoms with Gasteiger partial charge in [0, 0.05) is 35.3 Å². The van der Waals surface area contributed by atoms with Gasteiger partial charge in [-0.15, -0.1) is 0 Å². The number of carbonyl (C=O) groups is 1. The van der Waals surface area contributed by atoms with Crippen molar-refractivity contribution in [2.75, 3.05) is 31.5 Å². The van der Waals surface area contributed by atoms with Crippen LogP contribution in [0.2, 0.25) is 0 Å². The molecule has 0 unspecified atom stereocenters. The lowest BCUT2D eigenvalue weighted by Gasteiger charge is -2.42. The van der Waals surface area contributed by atoms with Crippen molar-refractivity contribution in [1.29, 1.82) is 0 Å². The first kappa shape index (κ1) is 15.5. The zero-order chi connectivity index (χ0) is 14.8. The van der Waals surface area contributed by atoms with Crippen LogP contribution >= 0.6 is 15.9 Å². The van der Waals surface area contributed by atoms with Gasteiger partial charge in [-0.05, 0) is 44.5 Å². The Labute approximate surface area is 129 Å². The molecule has 0 saturated carbocycles. The van der Waals surface area contributed by atoms with Gasteiger partial charge in [-0.3, -0.25) is 9.69 Å². The monoisotopic (exact) mass is 339 g/mol. The molecule has 4 nitrogen and oxygen atoms in total. The number of halogens is 1. The molecule has 0 atom stereocenters. The van der Waals surface area contributed by atoms with E-state index in [0.717, 1.165) is 35.4 Å². The van der Waals surface area contributed by atoms with Crippen LogP contribution in [0.5, 0.6) is 0 Å². The third-order valence-electron chi connectivity index (χ3n) is 3.75. The summed E-state index contributed by atoms with van der Waals surface area (Å²) in [7, 11) is 0. The molecular formula is C15H22BrN3O. The Morgan fingerprint density at radius 2 is 2.25 bits per heavy atom. The van der Waals surface area contributed by atoms with Crippen molar-refractivity contribution in [3.05, 3.63) is 28.2 Å². The number of anilines is 1. The topological polar surface area (TPSA) is 44.4 Å². The molecule has 0 bridgehead atoms. The summed E-state index contributed by atoms with van der Waals surface area (Å²) in [6, 6.07) is 5.85. The normalized spacial score (nSPS) is 18.8. The zero-order valence-electron chi connectivity index (χ0n) is 12.3. The molecule has 2 N–H and O–H groups in total. The lowest BCUT2D eigenvalue weighted by molar-refractivity contribution is -0.119. The summed E-state index contributed by atoms with van der Waals surface area (Å²) in [5.74, 6) is 0.0432. The molecular weight excluding hydrogens is 318 g/mol. The smallest absolute Gasteiger partial charge is 0.238 e. The minimum atomic E-state index is 0.0191. The predicted molar refractivity (Wildman–Crippen MR) is 86.0 cm³/mol. The standard InChI is InChI=1S/C15H22BrN3O/c1-11-8-12(4-5-13(11)16)18-14(20)9-19-7-6-17-10-15(19,2)3/h4-5,8,17H,6-7,9-10H2,1-3H3,(H,18,20). The van der Waals surface area contributed by atoms with Crippen molar-refractivity contribution in [3.63, 3.8) is 0 Å². The highest BCUT2D eigenvalue weighted by Crippen LogP contribution is 2.20. The lowest BCUT2D eigenvalue weighted by Crippen LogP contribution is -2.59. The van der Waals surface area contributed by atoms with Gasteiger partial charge in [-0.25, -0.2) is 0 Å². The Hall–Kier alpha value is -0.910. The summed E-state index contributed by atoms with van der Waals surface area (Å²) in [5.41, 5.74) is 1.99. The Morgan fingerprint density at radius 1 is 1.50 bits per heavy atom. The van der Waals surface area contributed by atoms with Crippen molar-refractivity contribution in [2.24, 2.45) is 0 Å². The van der Waals surface area contributed by atoms with Crippen LogP contribution in [0.4, 0.5) is 5.69 Å². The number of hydrogen-bond donors (Lipinski definition) is 2. The van der Waals surface area contributed by atoms with Crippen LogP contribution in [0.15, 0.2) is 22.7 Å². The van der Waals surface area contributed by atoms with Crippen molar-refractivity contribution >= 4 is 27.5 Å². The van der Waals surface area contributed by atoms with E-state index in [2.05, 4.69) is 45.3 Å². The van der Waals surface area contributed by atoms with Gasteiger partial charge in [-0.2, -0.15) is 0 Å². The number of nitrogens with zero attached hydrogens (tertiary/aromatic N) is 1. The molecule has 0 radical (unpaired) electrons. The highest BCUT2D eigenvalue weighted by atomic mass is 79.9. The average molecular weight is 340 g/mol. The van der Waals surface area contributed by atoms with Gasteiger partial charge in [0.2, 0.25) is 5.91 Å². The van der Waals surface area contributed by atoms with E-state index in [0.29, 0.717) is 6.54 Å². The third kappa shape index (κ3) is 3.81. The predicted octanol–water partition coefficient (Wildman–Crippen LogP) is 2.38. The van der Waals surface area contributed by atoms with Crippen LogP contribution in [0.1, 0.15) is 19.4 Å². The molecule has 5 heteroatoms. The van der Waals surface area contributed by atoms with E-state index < -0.39 is 0 Å². The van der Waals surface area contributed by atoms with Crippen molar-refractivity contribution in [3.8, 4) is 0 Å². The lowest BCUT2D eigenvalue weighted by atomic mass is 10.0. The van der Waals surface area contributed by atoms with E-state index in [1.165, 1.54) is 0 Å². The fraction of sp³-hybridized carbons (Fsp3) is 0.533. The molecule has 1 aliphatic rings. The summed E-state index contributed by atoms with van der Waals surface area (Å²) < 4.78 is 1.05. The second kappa shape index (κ2) is 6.24. The minimum absolute atomic E-state index is 0.0191. The Morgan fingerprint density at radius 3 is 2.90 bits per heavy atom. The molecule has 0 aromatic heterocycles. The first-order chi connectivity index (χ1) is 9.38. The Bertz CT molecular complexity index is 502. The molecule has 1 aromatic carbocycles. The SMILES string of the molecule is Cc1cc(NC(=O)CN2CCNCC2(C)C)ccc1Br. The molecule has 1 amide bonds. The van der Waals surface area contributed by atoms with Crippen LogP contribution in [0.25, 0.3) is 0 Å². The highest BCUT2D eigenvalue weighted by Gasteiger charge is 2.30. The number of amides is 1. The van der Waals surface area contributed by atoms with Crippen LogP contribution in [0.3, 0.4) is 0 Å². The second-order valence-electron chi connectivity index (χ2n) is 5.92. The van der Waals surface area contributed by atoms with Crippen molar-refractivity contribution in [2.45, 2.75) is 26.3 Å². The molecule has 0 aliphatic carbocycles. The van der Waals surface area contributed by atoms with E-state index in [4.69, 9.17) is 0 Å². The molecule has 2 rings (SSSR count). The fourth-order valence-electron chi connectivity index (χ4n) is 2.41. The quantitative estimate of drug-likeness (QED) is 0.888.